The summed E-state index contributed by atoms with van der Waals surface area (Å²) in [4.78, 5) is 24.0. The number of nitrogens with zero attached hydrogens (tertiary/aromatic N) is 3. The van der Waals surface area contributed by atoms with Crippen molar-refractivity contribution in [2.24, 2.45) is 5.92 Å². The molecule has 4 rings (SSSR count). The van der Waals surface area contributed by atoms with E-state index in [4.69, 9.17) is 9.72 Å². The molecule has 1 atom stereocenters. The zero-order valence-electron chi connectivity index (χ0n) is 16.3. The third-order valence-electron chi connectivity index (χ3n) is 5.59. The lowest BCUT2D eigenvalue weighted by molar-refractivity contribution is -0.125. The maximum atomic E-state index is 12.6. The molecule has 1 amide bonds. The summed E-state index contributed by atoms with van der Waals surface area (Å²) in [5, 5.41) is 3.11. The standard InChI is InChI=1S/C22H28N4O2/c27-21(23-10-4-7-17-5-2-1-3-6-17)18-8-9-20-19(15-18)16-24-22(25-20)26-11-13-28-14-12-26/h1-3,5-6,16,18H,4,7-15H2,(H,23,27). The first-order valence-corrected chi connectivity index (χ1v) is 10.3. The molecule has 2 aromatic rings. The molecule has 2 heterocycles. The number of nitrogens with one attached hydrogen (secondary N) is 1. The molecule has 0 radical (unpaired) electrons. The number of fused-ring (bicyclic) bond motifs is 1. The van der Waals surface area contributed by atoms with Crippen LogP contribution in [0.3, 0.4) is 0 Å². The van der Waals surface area contributed by atoms with Crippen molar-refractivity contribution < 1.29 is 9.53 Å². The van der Waals surface area contributed by atoms with Crippen LogP contribution >= 0.6 is 0 Å². The van der Waals surface area contributed by atoms with Gasteiger partial charge in [0, 0.05) is 37.4 Å². The maximum absolute atomic E-state index is 12.6. The zero-order chi connectivity index (χ0) is 19.2. The van der Waals surface area contributed by atoms with Gasteiger partial charge in [0.05, 0.1) is 13.2 Å². The third kappa shape index (κ3) is 4.68. The number of benzene rings is 1. The maximum Gasteiger partial charge on any atom is 0.225 e. The van der Waals surface area contributed by atoms with Crippen molar-refractivity contribution in [3.05, 3.63) is 53.3 Å². The van der Waals surface area contributed by atoms with Gasteiger partial charge in [-0.15, -0.1) is 0 Å². The highest BCUT2D eigenvalue weighted by Gasteiger charge is 2.26. The molecule has 1 N–H and O–H groups in total. The van der Waals surface area contributed by atoms with E-state index in [2.05, 4.69) is 39.5 Å². The molecule has 148 valence electrons. The number of hydrogen-bond acceptors (Lipinski definition) is 5. The number of hydrogen-bond donors (Lipinski definition) is 1. The van der Waals surface area contributed by atoms with Gasteiger partial charge >= 0.3 is 0 Å². The van der Waals surface area contributed by atoms with E-state index in [1.165, 1.54) is 5.56 Å². The van der Waals surface area contributed by atoms with Crippen molar-refractivity contribution in [1.82, 2.24) is 15.3 Å². The van der Waals surface area contributed by atoms with Crippen LogP contribution in [0.5, 0.6) is 0 Å². The molecule has 0 saturated carbocycles. The molecule has 0 spiro atoms. The molecule has 6 nitrogen and oxygen atoms in total. The van der Waals surface area contributed by atoms with Gasteiger partial charge in [-0.05, 0) is 43.2 Å². The minimum Gasteiger partial charge on any atom is -0.378 e. The first-order chi connectivity index (χ1) is 13.8. The fourth-order valence-corrected chi connectivity index (χ4v) is 3.93. The summed E-state index contributed by atoms with van der Waals surface area (Å²) in [6.45, 7) is 3.86. The Morgan fingerprint density at radius 1 is 1.21 bits per heavy atom. The normalized spacial score (nSPS) is 19.1. The molecule has 1 aromatic heterocycles. The summed E-state index contributed by atoms with van der Waals surface area (Å²) in [7, 11) is 0. The monoisotopic (exact) mass is 380 g/mol. The minimum atomic E-state index is 0.0297. The summed E-state index contributed by atoms with van der Waals surface area (Å²) in [5.74, 6) is 0.990. The van der Waals surface area contributed by atoms with E-state index in [1.54, 1.807) is 0 Å². The number of amides is 1. The van der Waals surface area contributed by atoms with Gasteiger partial charge in [-0.25, -0.2) is 9.97 Å². The van der Waals surface area contributed by atoms with Crippen molar-refractivity contribution >= 4 is 11.9 Å². The minimum absolute atomic E-state index is 0.0297. The molecule has 1 aliphatic heterocycles. The second-order valence-electron chi connectivity index (χ2n) is 7.56. The van der Waals surface area contributed by atoms with E-state index in [9.17, 15) is 4.79 Å². The molecule has 1 aliphatic carbocycles. The Morgan fingerprint density at radius 3 is 2.86 bits per heavy atom. The van der Waals surface area contributed by atoms with Crippen LogP contribution in [-0.4, -0.2) is 48.7 Å². The van der Waals surface area contributed by atoms with E-state index in [0.29, 0.717) is 0 Å². The van der Waals surface area contributed by atoms with E-state index < -0.39 is 0 Å². The van der Waals surface area contributed by atoms with Gasteiger partial charge in [-0.1, -0.05) is 30.3 Å². The lowest BCUT2D eigenvalue weighted by atomic mass is 9.86. The Hall–Kier alpha value is -2.47. The van der Waals surface area contributed by atoms with Crippen LogP contribution in [0, 0.1) is 5.92 Å². The topological polar surface area (TPSA) is 67.4 Å². The molecule has 1 fully saturated rings. The number of ether oxygens (including phenoxy) is 1. The van der Waals surface area contributed by atoms with E-state index in [0.717, 1.165) is 82.2 Å². The number of carbonyl (C=O) groups is 1. The molecule has 0 bridgehead atoms. The van der Waals surface area contributed by atoms with Gasteiger partial charge in [0.1, 0.15) is 0 Å². The first kappa shape index (κ1) is 18.9. The molecular formula is C22H28N4O2. The Kier molecular flexibility index (Phi) is 6.17. The van der Waals surface area contributed by atoms with Gasteiger partial charge in [0.25, 0.3) is 0 Å². The van der Waals surface area contributed by atoms with Crippen LogP contribution < -0.4 is 10.2 Å². The summed E-state index contributed by atoms with van der Waals surface area (Å²) >= 11 is 0. The number of anilines is 1. The number of aromatic nitrogens is 2. The third-order valence-corrected chi connectivity index (χ3v) is 5.59. The van der Waals surface area contributed by atoms with Crippen molar-refractivity contribution in [1.29, 1.82) is 0 Å². The van der Waals surface area contributed by atoms with E-state index in [1.807, 2.05) is 12.3 Å². The van der Waals surface area contributed by atoms with Crippen molar-refractivity contribution in [3.63, 3.8) is 0 Å². The number of aryl methyl sites for hydroxylation is 2. The van der Waals surface area contributed by atoms with Crippen LogP contribution in [0.1, 0.15) is 29.7 Å². The van der Waals surface area contributed by atoms with Gasteiger partial charge in [-0.2, -0.15) is 0 Å². The van der Waals surface area contributed by atoms with E-state index >= 15 is 0 Å². The second-order valence-corrected chi connectivity index (χ2v) is 7.56. The van der Waals surface area contributed by atoms with Gasteiger partial charge in [0.2, 0.25) is 11.9 Å². The molecule has 6 heteroatoms. The number of morpholine rings is 1. The SMILES string of the molecule is O=C(NCCCc1ccccc1)C1CCc2nc(N3CCOCC3)ncc2C1. The quantitative estimate of drug-likeness (QED) is 0.778. The predicted octanol–water partition coefficient (Wildman–Crippen LogP) is 2.17. The Balaban J connectivity index is 1.26. The van der Waals surface area contributed by atoms with Crippen molar-refractivity contribution in [3.8, 4) is 0 Å². The van der Waals surface area contributed by atoms with E-state index in [-0.39, 0.29) is 11.8 Å². The highest BCUT2D eigenvalue weighted by atomic mass is 16.5. The largest absolute Gasteiger partial charge is 0.378 e. The van der Waals surface area contributed by atoms with Crippen LogP contribution in [0.4, 0.5) is 5.95 Å². The molecule has 28 heavy (non-hydrogen) atoms. The summed E-state index contributed by atoms with van der Waals surface area (Å²) in [5.41, 5.74) is 3.54. The average Bonchev–Trinajstić information content (AvgIpc) is 2.77. The van der Waals surface area contributed by atoms with Gasteiger partial charge in [-0.3, -0.25) is 4.79 Å². The predicted molar refractivity (Wildman–Crippen MR) is 108 cm³/mol. The Labute approximate surface area is 166 Å². The lowest BCUT2D eigenvalue weighted by Gasteiger charge is -2.28. The van der Waals surface area contributed by atoms with Crippen molar-refractivity contribution in [2.75, 3.05) is 37.7 Å². The summed E-state index contributed by atoms with van der Waals surface area (Å²) in [6.07, 6.45) is 6.32. The van der Waals surface area contributed by atoms with Crippen LogP contribution in [-0.2, 0) is 28.8 Å². The van der Waals surface area contributed by atoms with Gasteiger partial charge < -0.3 is 15.0 Å². The Morgan fingerprint density at radius 2 is 2.04 bits per heavy atom. The second kappa shape index (κ2) is 9.15. The van der Waals surface area contributed by atoms with Crippen LogP contribution in [0.25, 0.3) is 0 Å². The molecule has 2 aliphatic rings. The number of rotatable bonds is 6. The van der Waals surface area contributed by atoms with Gasteiger partial charge in [0.15, 0.2) is 0 Å². The number of carbonyl (C=O) groups excluding carboxylic acids is 1. The Bertz CT molecular complexity index is 790. The summed E-state index contributed by atoms with van der Waals surface area (Å²) < 4.78 is 5.40. The smallest absolute Gasteiger partial charge is 0.225 e. The highest BCUT2D eigenvalue weighted by molar-refractivity contribution is 5.79. The first-order valence-electron chi connectivity index (χ1n) is 10.3. The lowest BCUT2D eigenvalue weighted by Crippen LogP contribution is -2.38. The molecule has 1 unspecified atom stereocenters. The van der Waals surface area contributed by atoms with Crippen molar-refractivity contribution in [2.45, 2.75) is 32.1 Å². The van der Waals surface area contributed by atoms with Crippen LogP contribution in [0.2, 0.25) is 0 Å². The molecular weight excluding hydrogens is 352 g/mol. The molecule has 1 aromatic carbocycles. The summed E-state index contributed by atoms with van der Waals surface area (Å²) in [6, 6.07) is 10.4. The zero-order valence-corrected chi connectivity index (χ0v) is 16.3. The highest BCUT2D eigenvalue weighted by Crippen LogP contribution is 2.25. The average molecular weight is 380 g/mol. The fraction of sp³-hybridized carbons (Fsp3) is 0.500. The van der Waals surface area contributed by atoms with Crippen LogP contribution in [0.15, 0.2) is 36.5 Å². The fourth-order valence-electron chi connectivity index (χ4n) is 3.93. The molecule has 1 saturated heterocycles.